The number of carbonyl (C=O) groups excluding carboxylic acids is 4. The van der Waals surface area contributed by atoms with Gasteiger partial charge in [-0.2, -0.15) is 0 Å². The molecule has 10 aliphatic rings. The Balaban J connectivity index is 0.635. The zero-order valence-corrected chi connectivity index (χ0v) is 44.0. The van der Waals surface area contributed by atoms with Crippen LogP contribution < -0.4 is 23.8 Å². The van der Waals surface area contributed by atoms with Crippen LogP contribution in [-0.2, 0) is 16.2 Å². The monoisotopic (exact) mass is 1030 g/mol. The molecule has 0 aromatic heterocycles. The van der Waals surface area contributed by atoms with Crippen molar-refractivity contribution in [3.05, 3.63) is 196 Å². The molecule has 390 valence electrons. The van der Waals surface area contributed by atoms with E-state index in [2.05, 4.69) is 73.7 Å². The van der Waals surface area contributed by atoms with Gasteiger partial charge < -0.3 is 18.9 Å². The van der Waals surface area contributed by atoms with Crippen LogP contribution in [0.4, 0.5) is 5.69 Å². The minimum atomic E-state index is -0.411. The molecule has 10 nitrogen and oxygen atoms in total. The topological polar surface area (TPSA) is 112 Å². The SMILES string of the molecule is Cc1ccc(Oc2ccc(C34CC5CC(C3)CC(c3ccc(Oc6ccc(N7C(=O)c8ccc(Oc9ccc(Oc%10ccc%11c(c%10)C(=O)N(C)C%11=O)cc9C9%10CC%11CC(CC(C%11)C9)C%10)cc8C7=O)cc6)cc3)(C5)C4)cc2)cc1. The fourth-order valence-corrected chi connectivity index (χ4v) is 16.9. The Morgan fingerprint density at radius 1 is 0.385 bits per heavy atom. The van der Waals surface area contributed by atoms with E-state index in [1.807, 2.05) is 36.4 Å². The summed E-state index contributed by atoms with van der Waals surface area (Å²) >= 11 is 0. The summed E-state index contributed by atoms with van der Waals surface area (Å²) in [6.07, 6.45) is 14.5. The summed E-state index contributed by atoms with van der Waals surface area (Å²) in [5, 5.41) is 0. The van der Waals surface area contributed by atoms with Gasteiger partial charge in [0.2, 0.25) is 0 Å². The first-order chi connectivity index (χ1) is 37.8. The maximum Gasteiger partial charge on any atom is 0.266 e. The first kappa shape index (κ1) is 47.3. The minimum Gasteiger partial charge on any atom is -0.457 e. The van der Waals surface area contributed by atoms with E-state index in [0.29, 0.717) is 80.7 Å². The van der Waals surface area contributed by atoms with Crippen molar-refractivity contribution >= 4 is 29.3 Å². The summed E-state index contributed by atoms with van der Waals surface area (Å²) < 4.78 is 25.9. The number of amides is 4. The summed E-state index contributed by atoms with van der Waals surface area (Å²) in [4.78, 5) is 56.0. The largest absolute Gasteiger partial charge is 0.457 e. The van der Waals surface area contributed by atoms with Crippen molar-refractivity contribution in [3.8, 4) is 46.0 Å². The van der Waals surface area contributed by atoms with Gasteiger partial charge in [0, 0.05) is 12.6 Å². The molecule has 17 rings (SSSR count). The molecule has 7 aromatic rings. The number of carbonyl (C=O) groups is 4. The second-order valence-electron chi connectivity index (χ2n) is 24.7. The number of hydrogen-bond acceptors (Lipinski definition) is 8. The number of nitrogens with zero attached hydrogens (tertiary/aromatic N) is 2. The highest BCUT2D eigenvalue weighted by Gasteiger charge is 2.59. The van der Waals surface area contributed by atoms with E-state index in [-0.39, 0.29) is 39.5 Å². The van der Waals surface area contributed by atoms with Crippen molar-refractivity contribution in [3.63, 3.8) is 0 Å². The van der Waals surface area contributed by atoms with Crippen LogP contribution in [0.15, 0.2) is 152 Å². The van der Waals surface area contributed by atoms with Gasteiger partial charge in [0.25, 0.3) is 23.6 Å². The van der Waals surface area contributed by atoms with Crippen LogP contribution in [0.2, 0.25) is 0 Å². The number of hydrogen-bond donors (Lipinski definition) is 0. The number of aryl methyl sites for hydroxylation is 1. The number of anilines is 1. The molecular weight excluding hydrogens is 973 g/mol. The van der Waals surface area contributed by atoms with Gasteiger partial charge in [0.1, 0.15) is 46.0 Å². The predicted molar refractivity (Wildman–Crippen MR) is 296 cm³/mol. The molecule has 8 aliphatic carbocycles. The van der Waals surface area contributed by atoms with E-state index in [1.54, 1.807) is 48.5 Å². The predicted octanol–water partition coefficient (Wildman–Crippen LogP) is 15.4. The van der Waals surface area contributed by atoms with Crippen molar-refractivity contribution in [1.82, 2.24) is 4.90 Å². The van der Waals surface area contributed by atoms with Gasteiger partial charge in [-0.05, 0) is 256 Å². The van der Waals surface area contributed by atoms with E-state index < -0.39 is 5.91 Å². The number of benzene rings is 7. The van der Waals surface area contributed by atoms with Gasteiger partial charge >= 0.3 is 0 Å². The Labute approximate surface area is 454 Å². The summed E-state index contributed by atoms with van der Waals surface area (Å²) in [7, 11) is 1.49. The van der Waals surface area contributed by atoms with Crippen molar-refractivity contribution in [2.75, 3.05) is 11.9 Å². The Bertz CT molecular complexity index is 3590. The molecule has 0 spiro atoms. The molecule has 2 aliphatic heterocycles. The average Bonchev–Trinajstić information content (AvgIpc) is 3.81. The third-order valence-corrected chi connectivity index (χ3v) is 19.5. The molecule has 78 heavy (non-hydrogen) atoms. The summed E-state index contributed by atoms with van der Waals surface area (Å²) in [5.41, 5.74) is 7.12. The van der Waals surface area contributed by atoms with Crippen molar-refractivity contribution in [2.45, 2.75) is 100 Å². The Hall–Kier alpha value is -7.98. The Morgan fingerprint density at radius 2 is 0.769 bits per heavy atom. The molecule has 8 fully saturated rings. The summed E-state index contributed by atoms with van der Waals surface area (Å²) in [5.74, 6) is 7.29. The number of imide groups is 2. The number of rotatable bonds is 12. The fraction of sp³-hybridized carbons (Fsp3) is 0.324. The molecule has 2 atom stereocenters. The van der Waals surface area contributed by atoms with E-state index >= 15 is 0 Å². The first-order valence-corrected chi connectivity index (χ1v) is 28.1. The zero-order valence-electron chi connectivity index (χ0n) is 44.0. The van der Waals surface area contributed by atoms with E-state index in [0.717, 1.165) is 53.4 Å². The summed E-state index contributed by atoms with van der Waals surface area (Å²) in [6.45, 7) is 2.09. The molecule has 7 aromatic carbocycles. The van der Waals surface area contributed by atoms with E-state index in [1.165, 1.54) is 80.0 Å². The van der Waals surface area contributed by atoms with Crippen LogP contribution in [0.1, 0.15) is 141 Å². The molecule has 2 unspecified atom stereocenters. The van der Waals surface area contributed by atoms with Gasteiger partial charge in [-0.25, -0.2) is 4.90 Å². The van der Waals surface area contributed by atoms with Gasteiger partial charge in [0.05, 0.1) is 27.9 Å². The quantitative estimate of drug-likeness (QED) is 0.111. The summed E-state index contributed by atoms with van der Waals surface area (Å²) in [6, 6.07) is 49.1. The van der Waals surface area contributed by atoms with Crippen molar-refractivity contribution < 1.29 is 38.1 Å². The highest BCUT2D eigenvalue weighted by Crippen LogP contribution is 2.67. The van der Waals surface area contributed by atoms with Crippen LogP contribution in [0.3, 0.4) is 0 Å². The van der Waals surface area contributed by atoms with Gasteiger partial charge in [-0.1, -0.05) is 42.0 Å². The van der Waals surface area contributed by atoms with Crippen LogP contribution in [0.5, 0.6) is 46.0 Å². The molecule has 0 N–H and O–H groups in total. The lowest BCUT2D eigenvalue weighted by molar-refractivity contribution is -0.0281. The highest BCUT2D eigenvalue weighted by molar-refractivity contribution is 6.34. The molecule has 4 amide bonds. The average molecular weight is 1030 g/mol. The molecule has 8 saturated carbocycles. The number of ether oxygens (including phenoxy) is 4. The van der Waals surface area contributed by atoms with Crippen molar-refractivity contribution in [1.29, 1.82) is 0 Å². The third kappa shape index (κ3) is 7.79. The molecule has 0 radical (unpaired) electrons. The standard InChI is InChI=1S/C68H60N2O8/c1-40-3-11-49(12-4-40)75-50-13-5-46(6-14-50)67-35-44-28-45(36-67)38-68(37-44,39-67)47-7-15-51(16-8-47)76-52-17-9-48(10-18-52)70-64(73)57-23-20-54(30-59(57)65(70)74)78-61-24-21-55(77-53-19-22-56-58(29-53)63(72)69(2)62(56)71)31-60(61)66-32-41-25-42(33-66)27-43(26-41)34-66/h3-24,29-31,41-45H,25-28,32-39H2,1-2H3. The van der Waals surface area contributed by atoms with Gasteiger partial charge in [-0.15, -0.1) is 0 Å². The maximum atomic E-state index is 14.2. The van der Waals surface area contributed by atoms with Crippen molar-refractivity contribution in [2.24, 2.45) is 29.6 Å². The van der Waals surface area contributed by atoms with Crippen LogP contribution in [-0.4, -0.2) is 35.6 Å². The second-order valence-corrected chi connectivity index (χ2v) is 24.7. The third-order valence-electron chi connectivity index (χ3n) is 19.5. The van der Waals surface area contributed by atoms with Crippen LogP contribution in [0.25, 0.3) is 0 Å². The maximum absolute atomic E-state index is 14.2. The molecule has 8 bridgehead atoms. The lowest BCUT2D eigenvalue weighted by Gasteiger charge is -2.62. The smallest absolute Gasteiger partial charge is 0.266 e. The first-order valence-electron chi connectivity index (χ1n) is 28.1. The fourth-order valence-electron chi connectivity index (χ4n) is 16.9. The molecule has 10 heteroatoms. The van der Waals surface area contributed by atoms with Gasteiger partial charge in [-0.3, -0.25) is 24.1 Å². The van der Waals surface area contributed by atoms with Crippen LogP contribution >= 0.6 is 0 Å². The minimum absolute atomic E-state index is 0.0859. The second kappa shape index (κ2) is 17.5. The van der Waals surface area contributed by atoms with E-state index in [4.69, 9.17) is 18.9 Å². The molecule has 2 heterocycles. The normalized spacial score (nSPS) is 27.8. The van der Waals surface area contributed by atoms with E-state index in [9.17, 15) is 19.2 Å². The van der Waals surface area contributed by atoms with Gasteiger partial charge in [0.15, 0.2) is 0 Å². The zero-order chi connectivity index (χ0) is 52.7. The van der Waals surface area contributed by atoms with Crippen LogP contribution in [0, 0.1) is 36.5 Å². The Morgan fingerprint density at radius 3 is 1.32 bits per heavy atom. The lowest BCUT2D eigenvalue weighted by Crippen LogP contribution is -2.55. The molecule has 0 saturated heterocycles. The highest BCUT2D eigenvalue weighted by atomic mass is 16.5. The molecular formula is C68H60N2O8. The lowest BCUT2D eigenvalue weighted by atomic mass is 9.42. The number of fused-ring (bicyclic) bond motifs is 2. The Kier molecular flexibility index (Phi) is 10.6.